The van der Waals surface area contributed by atoms with Crippen molar-refractivity contribution in [3.05, 3.63) is 35.9 Å². The van der Waals surface area contributed by atoms with Gasteiger partial charge in [0, 0.05) is 0 Å². The third-order valence-electron chi connectivity index (χ3n) is 3.05. The molecule has 1 N–H and O–H groups in total. The standard InChI is InChI=1S/C12H13NO4/c1-12(10(14)15,9-5-3-2-4-6-9)13-7-8-17-11(13)16/h2-6H,7-8H2,1H3,(H,14,15). The first-order valence-electron chi connectivity index (χ1n) is 5.30. The molecule has 1 unspecified atom stereocenters. The molecule has 5 heteroatoms. The first-order valence-corrected chi connectivity index (χ1v) is 5.30. The van der Waals surface area contributed by atoms with E-state index in [2.05, 4.69) is 0 Å². The minimum atomic E-state index is -1.38. The number of hydrogen-bond donors (Lipinski definition) is 1. The number of hydrogen-bond acceptors (Lipinski definition) is 3. The number of nitrogens with zero attached hydrogens (tertiary/aromatic N) is 1. The molecule has 0 saturated carbocycles. The molecule has 1 saturated heterocycles. The number of carboxylic acids is 1. The van der Waals surface area contributed by atoms with E-state index >= 15 is 0 Å². The van der Waals surface area contributed by atoms with Crippen LogP contribution in [0.1, 0.15) is 12.5 Å². The lowest BCUT2D eigenvalue weighted by Crippen LogP contribution is -2.50. The van der Waals surface area contributed by atoms with E-state index in [1.165, 1.54) is 11.8 Å². The molecule has 2 rings (SSSR count). The SMILES string of the molecule is CC(C(=O)O)(c1ccccc1)N1CCOC1=O. The number of carboxylic acid groups (broad SMARTS) is 1. The average molecular weight is 235 g/mol. The molecule has 90 valence electrons. The zero-order chi connectivity index (χ0) is 12.5. The number of ether oxygens (including phenoxy) is 1. The Morgan fingerprint density at radius 2 is 2.06 bits per heavy atom. The van der Waals surface area contributed by atoms with Crippen LogP contribution in [0, 0.1) is 0 Å². The molecule has 1 aromatic rings. The van der Waals surface area contributed by atoms with Gasteiger partial charge in [-0.3, -0.25) is 4.90 Å². The van der Waals surface area contributed by atoms with Gasteiger partial charge >= 0.3 is 12.1 Å². The van der Waals surface area contributed by atoms with Crippen LogP contribution in [0.5, 0.6) is 0 Å². The normalized spacial score (nSPS) is 18.6. The molecule has 5 nitrogen and oxygen atoms in total. The van der Waals surface area contributed by atoms with E-state index in [1.54, 1.807) is 30.3 Å². The lowest BCUT2D eigenvalue weighted by atomic mass is 9.90. The molecule has 0 radical (unpaired) electrons. The quantitative estimate of drug-likeness (QED) is 0.860. The Morgan fingerprint density at radius 1 is 1.41 bits per heavy atom. The van der Waals surface area contributed by atoms with Gasteiger partial charge in [0.25, 0.3) is 0 Å². The van der Waals surface area contributed by atoms with Crippen molar-refractivity contribution in [1.82, 2.24) is 4.90 Å². The maximum atomic E-state index is 11.5. The van der Waals surface area contributed by atoms with Gasteiger partial charge in [0.15, 0.2) is 5.54 Å². The first kappa shape index (κ1) is 11.4. The Balaban J connectivity index is 2.46. The molecule has 1 aliphatic heterocycles. The van der Waals surface area contributed by atoms with Crippen molar-refractivity contribution in [2.45, 2.75) is 12.5 Å². The maximum Gasteiger partial charge on any atom is 0.411 e. The highest BCUT2D eigenvalue weighted by atomic mass is 16.6. The van der Waals surface area contributed by atoms with Crippen molar-refractivity contribution in [2.24, 2.45) is 0 Å². The number of carbonyl (C=O) groups is 2. The highest BCUT2D eigenvalue weighted by Gasteiger charge is 2.46. The van der Waals surface area contributed by atoms with Crippen LogP contribution in [0.3, 0.4) is 0 Å². The third kappa shape index (κ3) is 1.73. The molecule has 1 aliphatic rings. The van der Waals surface area contributed by atoms with Gasteiger partial charge in [-0.1, -0.05) is 30.3 Å². The summed E-state index contributed by atoms with van der Waals surface area (Å²) in [7, 11) is 0. The van der Waals surface area contributed by atoms with E-state index < -0.39 is 17.6 Å². The fraction of sp³-hybridized carbons (Fsp3) is 0.333. The fourth-order valence-corrected chi connectivity index (χ4v) is 1.96. The second-order valence-corrected chi connectivity index (χ2v) is 4.01. The van der Waals surface area contributed by atoms with E-state index in [1.807, 2.05) is 0 Å². The van der Waals surface area contributed by atoms with Gasteiger partial charge in [-0.25, -0.2) is 9.59 Å². The summed E-state index contributed by atoms with van der Waals surface area (Å²) in [4.78, 5) is 24.3. The van der Waals surface area contributed by atoms with Crippen LogP contribution < -0.4 is 0 Å². The Morgan fingerprint density at radius 3 is 2.53 bits per heavy atom. The Hall–Kier alpha value is -2.04. The Kier molecular flexibility index (Phi) is 2.75. The first-order chi connectivity index (χ1) is 8.06. The lowest BCUT2D eigenvalue weighted by molar-refractivity contribution is -0.149. The molecule has 1 fully saturated rings. The zero-order valence-electron chi connectivity index (χ0n) is 9.42. The van der Waals surface area contributed by atoms with Gasteiger partial charge in [-0.2, -0.15) is 0 Å². The van der Waals surface area contributed by atoms with Gasteiger partial charge in [-0.15, -0.1) is 0 Å². The zero-order valence-corrected chi connectivity index (χ0v) is 9.42. The van der Waals surface area contributed by atoms with E-state index in [4.69, 9.17) is 4.74 Å². The van der Waals surface area contributed by atoms with E-state index in [-0.39, 0.29) is 13.2 Å². The molecule has 1 heterocycles. The number of benzene rings is 1. The second kappa shape index (κ2) is 4.08. The summed E-state index contributed by atoms with van der Waals surface area (Å²) in [6, 6.07) is 8.68. The number of rotatable bonds is 3. The summed E-state index contributed by atoms with van der Waals surface area (Å²) in [6.45, 7) is 2.03. The van der Waals surface area contributed by atoms with Crippen molar-refractivity contribution < 1.29 is 19.4 Å². The molecule has 0 bridgehead atoms. The Labute approximate surface area is 98.6 Å². The van der Waals surface area contributed by atoms with Crippen molar-refractivity contribution >= 4 is 12.1 Å². The van der Waals surface area contributed by atoms with Crippen LogP contribution in [-0.2, 0) is 15.1 Å². The third-order valence-corrected chi connectivity index (χ3v) is 3.05. The Bertz CT molecular complexity index is 445. The smallest absolute Gasteiger partial charge is 0.411 e. The summed E-state index contributed by atoms with van der Waals surface area (Å²) < 4.78 is 4.81. The summed E-state index contributed by atoms with van der Waals surface area (Å²) in [5.74, 6) is -1.07. The molecule has 0 aliphatic carbocycles. The van der Waals surface area contributed by atoms with Crippen LogP contribution in [0.2, 0.25) is 0 Å². The highest BCUT2D eigenvalue weighted by molar-refractivity contribution is 5.86. The molecule has 0 aromatic heterocycles. The topological polar surface area (TPSA) is 66.8 Å². The van der Waals surface area contributed by atoms with Gasteiger partial charge in [0.05, 0.1) is 6.54 Å². The largest absolute Gasteiger partial charge is 0.479 e. The van der Waals surface area contributed by atoms with E-state index in [9.17, 15) is 14.7 Å². The van der Waals surface area contributed by atoms with Crippen molar-refractivity contribution in [1.29, 1.82) is 0 Å². The van der Waals surface area contributed by atoms with Crippen molar-refractivity contribution in [2.75, 3.05) is 13.2 Å². The summed E-state index contributed by atoms with van der Waals surface area (Å²) >= 11 is 0. The van der Waals surface area contributed by atoms with E-state index in [0.29, 0.717) is 5.56 Å². The molecule has 1 amide bonds. The summed E-state index contributed by atoms with van der Waals surface area (Å²) in [5.41, 5.74) is -0.819. The molecule has 17 heavy (non-hydrogen) atoms. The minimum absolute atomic E-state index is 0.231. The van der Waals surface area contributed by atoms with Gasteiger partial charge in [0.1, 0.15) is 6.61 Å². The summed E-state index contributed by atoms with van der Waals surface area (Å²) in [6.07, 6.45) is -0.584. The average Bonchev–Trinajstić information content (AvgIpc) is 2.76. The molecular formula is C12H13NO4. The van der Waals surface area contributed by atoms with Crippen molar-refractivity contribution in [3.8, 4) is 0 Å². The lowest BCUT2D eigenvalue weighted by Gasteiger charge is -2.33. The number of amides is 1. The van der Waals surface area contributed by atoms with E-state index in [0.717, 1.165) is 0 Å². The van der Waals surface area contributed by atoms with Crippen LogP contribution >= 0.6 is 0 Å². The predicted molar refractivity (Wildman–Crippen MR) is 59.5 cm³/mol. The summed E-state index contributed by atoms with van der Waals surface area (Å²) in [5, 5.41) is 9.41. The van der Waals surface area contributed by atoms with Gasteiger partial charge < -0.3 is 9.84 Å². The van der Waals surface area contributed by atoms with Crippen LogP contribution in [0.4, 0.5) is 4.79 Å². The minimum Gasteiger partial charge on any atom is -0.479 e. The van der Waals surface area contributed by atoms with Crippen LogP contribution in [0.25, 0.3) is 0 Å². The molecule has 1 aromatic carbocycles. The number of cyclic esters (lactones) is 1. The fourth-order valence-electron chi connectivity index (χ4n) is 1.96. The highest BCUT2D eigenvalue weighted by Crippen LogP contribution is 2.31. The van der Waals surface area contributed by atoms with Crippen LogP contribution in [-0.4, -0.2) is 35.2 Å². The monoisotopic (exact) mass is 235 g/mol. The van der Waals surface area contributed by atoms with Crippen molar-refractivity contribution in [3.63, 3.8) is 0 Å². The number of aliphatic carboxylic acids is 1. The number of carbonyl (C=O) groups excluding carboxylic acids is 1. The predicted octanol–water partition coefficient (Wildman–Crippen LogP) is 1.44. The second-order valence-electron chi connectivity index (χ2n) is 4.01. The maximum absolute atomic E-state index is 11.5. The van der Waals surface area contributed by atoms with Crippen LogP contribution in [0.15, 0.2) is 30.3 Å². The molecular weight excluding hydrogens is 222 g/mol. The van der Waals surface area contributed by atoms with Gasteiger partial charge in [-0.05, 0) is 12.5 Å². The molecule has 1 atom stereocenters. The molecule has 0 spiro atoms. The van der Waals surface area contributed by atoms with Gasteiger partial charge in [0.2, 0.25) is 0 Å².